The number of hydrogen-bond acceptors (Lipinski definition) is 8. The van der Waals surface area contributed by atoms with E-state index >= 15 is 0 Å². The number of carbonyl (C=O) groups excluding carboxylic acids is 3. The van der Waals surface area contributed by atoms with E-state index in [9.17, 15) is 27.4 Å². The fourth-order valence-corrected chi connectivity index (χ4v) is 4.45. The summed E-state index contributed by atoms with van der Waals surface area (Å²) in [6.45, 7) is 4.65. The van der Waals surface area contributed by atoms with E-state index in [0.717, 1.165) is 28.3 Å². The van der Waals surface area contributed by atoms with E-state index in [4.69, 9.17) is 4.74 Å². The summed E-state index contributed by atoms with van der Waals surface area (Å²) in [5, 5.41) is 0. The Bertz CT molecular complexity index is 1190. The second kappa shape index (κ2) is 12.7. The maximum atomic E-state index is 13.0. The van der Waals surface area contributed by atoms with Gasteiger partial charge in [0, 0.05) is 25.4 Å². The monoisotopic (exact) mass is 530 g/mol. The Morgan fingerprint density at radius 3 is 2.00 bits per heavy atom. The summed E-state index contributed by atoms with van der Waals surface area (Å²) < 4.78 is 38.9. The van der Waals surface area contributed by atoms with E-state index < -0.39 is 33.7 Å². The molecule has 1 saturated heterocycles. The molecular weight excluding hydrogens is 498 g/mol. The predicted molar refractivity (Wildman–Crippen MR) is 138 cm³/mol. The number of benzene rings is 1. The topological polar surface area (TPSA) is 127 Å². The summed E-state index contributed by atoms with van der Waals surface area (Å²) in [5.74, 6) is -0.728. The molecule has 2 aliphatic rings. The van der Waals surface area contributed by atoms with Gasteiger partial charge in [-0.15, -0.1) is 0 Å². The molecule has 37 heavy (non-hydrogen) atoms. The molecule has 200 valence electrons. The van der Waals surface area contributed by atoms with Crippen LogP contribution in [0.15, 0.2) is 60.0 Å². The third kappa shape index (κ3) is 7.07. The lowest BCUT2D eigenvalue weighted by Crippen LogP contribution is -2.56. The van der Waals surface area contributed by atoms with Crippen molar-refractivity contribution in [2.75, 3.05) is 30.3 Å². The second-order valence-electron chi connectivity index (χ2n) is 8.71. The van der Waals surface area contributed by atoms with Gasteiger partial charge in [0.1, 0.15) is 5.57 Å². The maximum Gasteiger partial charge on any atom is 0.333 e. The van der Waals surface area contributed by atoms with Crippen LogP contribution < -0.4 is 9.64 Å². The number of unbranched alkanes of at least 4 members (excludes halogenated alkanes) is 2. The van der Waals surface area contributed by atoms with Crippen molar-refractivity contribution in [2.24, 2.45) is 0 Å². The highest BCUT2D eigenvalue weighted by Crippen LogP contribution is 2.38. The van der Waals surface area contributed by atoms with Crippen molar-refractivity contribution in [1.29, 1.82) is 0 Å². The Kier molecular flexibility index (Phi) is 9.65. The number of anilines is 1. The zero-order chi connectivity index (χ0) is 27.0. The van der Waals surface area contributed by atoms with Crippen LogP contribution in [0.1, 0.15) is 46.0 Å². The molecule has 11 heteroatoms. The molecule has 0 atom stereocenters. The van der Waals surface area contributed by atoms with Crippen LogP contribution in [0.5, 0.6) is 5.75 Å². The van der Waals surface area contributed by atoms with E-state index in [1.165, 1.54) is 12.2 Å². The van der Waals surface area contributed by atoms with E-state index in [1.807, 2.05) is 26.0 Å². The minimum absolute atomic E-state index is 0.0883. The number of ether oxygens (including phenoxy) is 1. The SMILES string of the molecule is CCCCN1C(=O)C(=C/C=C/C=C2\Oc3ccccc3N2CCCS(=O)(=O)[O-])C(=O)N(CCCC)C1=O. The summed E-state index contributed by atoms with van der Waals surface area (Å²) in [4.78, 5) is 42.7. The van der Waals surface area contributed by atoms with Gasteiger partial charge in [0.2, 0.25) is 5.88 Å². The van der Waals surface area contributed by atoms with Crippen LogP contribution in [0.25, 0.3) is 0 Å². The van der Waals surface area contributed by atoms with Crippen LogP contribution >= 0.6 is 0 Å². The van der Waals surface area contributed by atoms with Crippen LogP contribution in [-0.4, -0.2) is 66.0 Å². The molecule has 1 aromatic carbocycles. The Hall–Kier alpha value is -3.44. The number of nitrogens with zero attached hydrogens (tertiary/aromatic N) is 3. The quantitative estimate of drug-likeness (QED) is 0.228. The first-order valence-electron chi connectivity index (χ1n) is 12.4. The Balaban J connectivity index is 1.81. The molecule has 0 N–H and O–H groups in total. The molecule has 2 heterocycles. The molecule has 0 unspecified atom stereocenters. The Labute approximate surface area is 217 Å². The molecule has 3 rings (SSSR count). The molecule has 4 amide bonds. The highest BCUT2D eigenvalue weighted by Gasteiger charge is 2.40. The normalized spacial score (nSPS) is 17.3. The number of urea groups is 1. The molecule has 0 saturated carbocycles. The number of imide groups is 2. The van der Waals surface area contributed by atoms with Gasteiger partial charge in [0.15, 0.2) is 5.75 Å². The molecule has 1 aromatic rings. The number of carbonyl (C=O) groups is 3. The first-order chi connectivity index (χ1) is 17.7. The van der Waals surface area contributed by atoms with Crippen molar-refractivity contribution in [3.63, 3.8) is 0 Å². The van der Waals surface area contributed by atoms with Crippen molar-refractivity contribution >= 4 is 33.7 Å². The highest BCUT2D eigenvalue weighted by atomic mass is 32.2. The minimum atomic E-state index is -4.33. The average molecular weight is 531 g/mol. The number of barbiturate groups is 1. The number of allylic oxidation sites excluding steroid dienone is 4. The number of fused-ring (bicyclic) bond motifs is 1. The predicted octanol–water partition coefficient (Wildman–Crippen LogP) is 3.54. The summed E-state index contributed by atoms with van der Waals surface area (Å²) in [7, 11) is -4.33. The molecular formula is C26H32N3O7S-. The van der Waals surface area contributed by atoms with Crippen molar-refractivity contribution in [3.05, 3.63) is 60.0 Å². The van der Waals surface area contributed by atoms with Gasteiger partial charge in [-0.05, 0) is 43.5 Å². The van der Waals surface area contributed by atoms with Crippen molar-refractivity contribution < 1.29 is 32.1 Å². The fraction of sp³-hybridized carbons (Fsp3) is 0.423. The number of para-hydroxylation sites is 2. The average Bonchev–Trinajstić information content (AvgIpc) is 3.20. The first-order valence-corrected chi connectivity index (χ1v) is 14.0. The largest absolute Gasteiger partial charge is 0.748 e. The van der Waals surface area contributed by atoms with Gasteiger partial charge in [0.05, 0.1) is 15.8 Å². The molecule has 0 radical (unpaired) electrons. The number of rotatable bonds is 12. The van der Waals surface area contributed by atoms with Gasteiger partial charge in [-0.3, -0.25) is 19.4 Å². The van der Waals surface area contributed by atoms with Crippen LogP contribution in [0, 0.1) is 0 Å². The summed E-state index contributed by atoms with van der Waals surface area (Å²) in [5.41, 5.74) is 0.646. The molecule has 0 spiro atoms. The second-order valence-corrected chi connectivity index (χ2v) is 10.2. The summed E-state index contributed by atoms with van der Waals surface area (Å²) in [6, 6.07) is 6.63. The number of amides is 4. The minimum Gasteiger partial charge on any atom is -0.748 e. The van der Waals surface area contributed by atoms with Crippen molar-refractivity contribution in [3.8, 4) is 5.75 Å². The molecule has 10 nitrogen and oxygen atoms in total. The van der Waals surface area contributed by atoms with Gasteiger partial charge in [-0.1, -0.05) is 51.0 Å². The van der Waals surface area contributed by atoms with E-state index in [2.05, 4.69) is 0 Å². The third-order valence-corrected chi connectivity index (χ3v) is 6.70. The van der Waals surface area contributed by atoms with Crippen LogP contribution in [-0.2, 0) is 19.7 Å². The van der Waals surface area contributed by atoms with Gasteiger partial charge in [-0.25, -0.2) is 13.2 Å². The lowest BCUT2D eigenvalue weighted by molar-refractivity contribution is -0.136. The Morgan fingerprint density at radius 2 is 1.41 bits per heavy atom. The smallest absolute Gasteiger partial charge is 0.333 e. The molecule has 0 aliphatic carbocycles. The number of hydrogen-bond donors (Lipinski definition) is 0. The lowest BCUT2D eigenvalue weighted by Gasteiger charge is -2.33. The van der Waals surface area contributed by atoms with Gasteiger partial charge in [-0.2, -0.15) is 0 Å². The zero-order valence-electron chi connectivity index (χ0n) is 21.1. The van der Waals surface area contributed by atoms with Gasteiger partial charge < -0.3 is 14.2 Å². The van der Waals surface area contributed by atoms with E-state index in [-0.39, 0.29) is 31.6 Å². The zero-order valence-corrected chi connectivity index (χ0v) is 21.9. The standard InChI is InChI=1S/C26H33N3O7S/c1-3-5-16-28-24(30)20(25(31)29(26(28)32)17-6-4-2)12-7-10-15-23-27(18-11-19-37(33,34)35)21-13-8-9-14-22(21)36-23/h7-10,12-15H,3-6,11,16-19H2,1-2H3,(H,33,34,35)/p-1/b10-7+,23-15-. The Morgan fingerprint density at radius 1 is 0.838 bits per heavy atom. The first kappa shape index (κ1) is 28.1. The van der Waals surface area contributed by atoms with E-state index in [0.29, 0.717) is 24.5 Å². The summed E-state index contributed by atoms with van der Waals surface area (Å²) in [6.07, 6.45) is 9.13. The van der Waals surface area contributed by atoms with Gasteiger partial charge >= 0.3 is 6.03 Å². The van der Waals surface area contributed by atoms with Crippen molar-refractivity contribution in [2.45, 2.75) is 46.0 Å². The highest BCUT2D eigenvalue weighted by molar-refractivity contribution is 7.85. The van der Waals surface area contributed by atoms with Crippen molar-refractivity contribution in [1.82, 2.24) is 9.80 Å². The van der Waals surface area contributed by atoms with Crippen LogP contribution in [0.3, 0.4) is 0 Å². The molecule has 0 bridgehead atoms. The lowest BCUT2D eigenvalue weighted by atomic mass is 10.1. The maximum absolute atomic E-state index is 13.0. The fourth-order valence-electron chi connectivity index (χ4n) is 3.97. The summed E-state index contributed by atoms with van der Waals surface area (Å²) >= 11 is 0. The van der Waals surface area contributed by atoms with Gasteiger partial charge in [0.25, 0.3) is 11.8 Å². The van der Waals surface area contributed by atoms with Crippen LogP contribution in [0.4, 0.5) is 10.5 Å². The third-order valence-electron chi connectivity index (χ3n) is 5.91. The molecule has 2 aliphatic heterocycles. The molecule has 0 aromatic heterocycles. The van der Waals surface area contributed by atoms with E-state index in [1.54, 1.807) is 29.2 Å². The van der Waals surface area contributed by atoms with Crippen LogP contribution in [0.2, 0.25) is 0 Å². The molecule has 1 fully saturated rings.